The monoisotopic (exact) mass is 364 g/mol. The summed E-state index contributed by atoms with van der Waals surface area (Å²) in [4.78, 5) is 13.4. The molecule has 1 N–H and O–H groups in total. The molecule has 3 aromatic rings. The first-order valence-electron chi connectivity index (χ1n) is 9.22. The Bertz CT molecular complexity index is 838. The fourth-order valence-corrected chi connectivity index (χ4v) is 3.31. The number of para-hydroxylation sites is 1. The van der Waals surface area contributed by atoms with Crippen LogP contribution in [0.15, 0.2) is 59.4 Å². The maximum atomic E-state index is 5.58. The average Bonchev–Trinajstić information content (AvgIpc) is 3.18. The van der Waals surface area contributed by atoms with Crippen molar-refractivity contribution in [1.82, 2.24) is 25.3 Å². The van der Waals surface area contributed by atoms with Gasteiger partial charge in [0.2, 0.25) is 5.89 Å². The van der Waals surface area contributed by atoms with E-state index >= 15 is 0 Å². The SMILES string of the molecule is CN1CCNCC1c1noc(CN(Cc2cccnc2)c2ccccc2)n1. The molecule has 1 aromatic carbocycles. The number of rotatable bonds is 6. The fraction of sp³-hybridized carbons (Fsp3) is 0.350. The van der Waals surface area contributed by atoms with Crippen molar-refractivity contribution in [3.63, 3.8) is 0 Å². The second-order valence-corrected chi connectivity index (χ2v) is 6.80. The van der Waals surface area contributed by atoms with Gasteiger partial charge in [-0.3, -0.25) is 9.88 Å². The van der Waals surface area contributed by atoms with Crippen molar-refractivity contribution in [1.29, 1.82) is 0 Å². The number of anilines is 1. The Morgan fingerprint density at radius 1 is 1.19 bits per heavy atom. The number of piperazine rings is 1. The van der Waals surface area contributed by atoms with E-state index < -0.39 is 0 Å². The summed E-state index contributed by atoms with van der Waals surface area (Å²) in [6.45, 7) is 4.08. The van der Waals surface area contributed by atoms with Crippen molar-refractivity contribution in [2.45, 2.75) is 19.1 Å². The van der Waals surface area contributed by atoms with E-state index in [0.717, 1.165) is 43.3 Å². The van der Waals surface area contributed by atoms with Crippen LogP contribution in [0.25, 0.3) is 0 Å². The van der Waals surface area contributed by atoms with Crippen LogP contribution >= 0.6 is 0 Å². The number of hydrogen-bond acceptors (Lipinski definition) is 7. The number of aromatic nitrogens is 3. The van der Waals surface area contributed by atoms with Gasteiger partial charge in [-0.1, -0.05) is 29.4 Å². The van der Waals surface area contributed by atoms with Crippen LogP contribution in [0, 0.1) is 0 Å². The second kappa shape index (κ2) is 8.28. The lowest BCUT2D eigenvalue weighted by atomic mass is 10.2. The Balaban J connectivity index is 1.53. The molecule has 1 aliphatic heterocycles. The predicted octanol–water partition coefficient (Wildman–Crippen LogP) is 2.25. The van der Waals surface area contributed by atoms with Gasteiger partial charge in [0.1, 0.15) is 0 Å². The van der Waals surface area contributed by atoms with Gasteiger partial charge in [-0.2, -0.15) is 4.98 Å². The van der Waals surface area contributed by atoms with E-state index in [4.69, 9.17) is 4.52 Å². The normalized spacial score (nSPS) is 17.7. The molecule has 0 bridgehead atoms. The van der Waals surface area contributed by atoms with E-state index in [9.17, 15) is 0 Å². The van der Waals surface area contributed by atoms with E-state index in [2.05, 4.69) is 55.5 Å². The van der Waals surface area contributed by atoms with E-state index in [1.54, 1.807) is 6.20 Å². The van der Waals surface area contributed by atoms with E-state index in [1.807, 2.05) is 30.5 Å². The zero-order chi connectivity index (χ0) is 18.5. The molecule has 1 saturated heterocycles. The van der Waals surface area contributed by atoms with Crippen molar-refractivity contribution < 1.29 is 4.52 Å². The van der Waals surface area contributed by atoms with Crippen LogP contribution < -0.4 is 10.2 Å². The molecule has 1 atom stereocenters. The lowest BCUT2D eigenvalue weighted by molar-refractivity contribution is 0.190. The summed E-state index contributed by atoms with van der Waals surface area (Å²) in [5.74, 6) is 1.37. The van der Waals surface area contributed by atoms with Gasteiger partial charge in [0.15, 0.2) is 5.82 Å². The van der Waals surface area contributed by atoms with Crippen LogP contribution in [-0.4, -0.2) is 46.7 Å². The van der Waals surface area contributed by atoms with Crippen molar-refractivity contribution in [2.75, 3.05) is 31.6 Å². The maximum Gasteiger partial charge on any atom is 0.246 e. The Morgan fingerprint density at radius 3 is 2.85 bits per heavy atom. The molecule has 0 aliphatic carbocycles. The minimum atomic E-state index is 0.153. The molecule has 7 nitrogen and oxygen atoms in total. The molecule has 1 fully saturated rings. The molecular weight excluding hydrogens is 340 g/mol. The van der Waals surface area contributed by atoms with Crippen molar-refractivity contribution in [3.05, 3.63) is 72.1 Å². The third kappa shape index (κ3) is 4.32. The average molecular weight is 364 g/mol. The summed E-state index contributed by atoms with van der Waals surface area (Å²) in [5.41, 5.74) is 2.25. The van der Waals surface area contributed by atoms with Crippen LogP contribution in [-0.2, 0) is 13.1 Å². The van der Waals surface area contributed by atoms with E-state index in [-0.39, 0.29) is 6.04 Å². The molecular formula is C20H24N6O. The largest absolute Gasteiger partial charge is 0.358 e. The Labute approximate surface area is 159 Å². The molecule has 0 radical (unpaired) electrons. The highest BCUT2D eigenvalue weighted by Gasteiger charge is 2.25. The molecule has 1 unspecified atom stereocenters. The zero-order valence-electron chi connectivity index (χ0n) is 15.5. The molecule has 0 spiro atoms. The lowest BCUT2D eigenvalue weighted by Gasteiger charge is -2.30. The summed E-state index contributed by atoms with van der Waals surface area (Å²) < 4.78 is 5.58. The summed E-state index contributed by atoms with van der Waals surface area (Å²) in [5, 5.41) is 7.63. The molecule has 27 heavy (non-hydrogen) atoms. The molecule has 7 heteroatoms. The molecule has 2 aromatic heterocycles. The van der Waals surface area contributed by atoms with Crippen LogP contribution in [0.2, 0.25) is 0 Å². The third-order valence-corrected chi connectivity index (χ3v) is 4.84. The van der Waals surface area contributed by atoms with Gasteiger partial charge in [0.05, 0.1) is 12.6 Å². The molecule has 140 valence electrons. The quantitative estimate of drug-likeness (QED) is 0.719. The minimum absolute atomic E-state index is 0.153. The van der Waals surface area contributed by atoms with Gasteiger partial charge in [-0.15, -0.1) is 0 Å². The Kier molecular flexibility index (Phi) is 5.41. The summed E-state index contributed by atoms with van der Waals surface area (Å²) in [6, 6.07) is 14.4. The summed E-state index contributed by atoms with van der Waals surface area (Å²) >= 11 is 0. The van der Waals surface area contributed by atoms with E-state index in [0.29, 0.717) is 12.4 Å². The van der Waals surface area contributed by atoms with Gasteiger partial charge in [0.25, 0.3) is 0 Å². The van der Waals surface area contributed by atoms with Crippen LogP contribution in [0.3, 0.4) is 0 Å². The van der Waals surface area contributed by atoms with Gasteiger partial charge >= 0.3 is 0 Å². The minimum Gasteiger partial charge on any atom is -0.358 e. The van der Waals surface area contributed by atoms with Crippen LogP contribution in [0.5, 0.6) is 0 Å². The predicted molar refractivity (Wildman–Crippen MR) is 103 cm³/mol. The highest BCUT2D eigenvalue weighted by atomic mass is 16.5. The number of likely N-dealkylation sites (N-methyl/N-ethyl adjacent to an activating group) is 1. The zero-order valence-corrected chi connectivity index (χ0v) is 15.5. The van der Waals surface area contributed by atoms with Gasteiger partial charge in [0, 0.05) is 44.3 Å². The smallest absolute Gasteiger partial charge is 0.246 e. The van der Waals surface area contributed by atoms with Gasteiger partial charge < -0.3 is 14.7 Å². The number of hydrogen-bond donors (Lipinski definition) is 1. The number of nitrogens with one attached hydrogen (secondary N) is 1. The lowest BCUT2D eigenvalue weighted by Crippen LogP contribution is -2.44. The van der Waals surface area contributed by atoms with Gasteiger partial charge in [-0.25, -0.2) is 0 Å². The molecule has 0 saturated carbocycles. The maximum absolute atomic E-state index is 5.58. The van der Waals surface area contributed by atoms with Gasteiger partial charge in [-0.05, 0) is 30.8 Å². The number of benzene rings is 1. The Hall–Kier alpha value is -2.77. The summed E-state index contributed by atoms with van der Waals surface area (Å²) in [6.07, 6.45) is 3.67. The summed E-state index contributed by atoms with van der Waals surface area (Å²) in [7, 11) is 2.10. The molecule has 4 rings (SSSR count). The Morgan fingerprint density at radius 2 is 2.07 bits per heavy atom. The van der Waals surface area contributed by atoms with Crippen molar-refractivity contribution in [3.8, 4) is 0 Å². The fourth-order valence-electron chi connectivity index (χ4n) is 3.31. The first kappa shape index (κ1) is 17.6. The second-order valence-electron chi connectivity index (χ2n) is 6.80. The standard InChI is InChI=1S/C20H24N6O/c1-25-11-10-22-13-18(25)20-23-19(27-24-20)15-26(17-7-3-2-4-8-17)14-16-6-5-9-21-12-16/h2-9,12,18,22H,10-11,13-15H2,1H3. The number of nitrogens with zero attached hydrogens (tertiary/aromatic N) is 5. The van der Waals surface area contributed by atoms with E-state index in [1.165, 1.54) is 0 Å². The van der Waals surface area contributed by atoms with Crippen molar-refractivity contribution >= 4 is 5.69 Å². The first-order chi connectivity index (χ1) is 13.3. The highest BCUT2D eigenvalue weighted by molar-refractivity contribution is 5.46. The third-order valence-electron chi connectivity index (χ3n) is 4.84. The van der Waals surface area contributed by atoms with Crippen molar-refractivity contribution in [2.24, 2.45) is 0 Å². The molecule has 3 heterocycles. The molecule has 1 aliphatic rings. The topological polar surface area (TPSA) is 70.3 Å². The molecule has 0 amide bonds. The first-order valence-corrected chi connectivity index (χ1v) is 9.22. The van der Waals surface area contributed by atoms with Crippen LogP contribution in [0.4, 0.5) is 5.69 Å². The number of pyridine rings is 1. The highest BCUT2D eigenvalue weighted by Crippen LogP contribution is 2.21. The van der Waals surface area contributed by atoms with Crippen LogP contribution in [0.1, 0.15) is 23.3 Å².